The molecule has 0 amide bonds. The molecular formula is C24H19BrN4. The third-order valence-electron chi connectivity index (χ3n) is 4.43. The summed E-state index contributed by atoms with van der Waals surface area (Å²) >= 11 is 3.48. The van der Waals surface area contributed by atoms with Gasteiger partial charge in [0.25, 0.3) is 0 Å². The zero-order chi connectivity index (χ0) is 20.1. The molecule has 4 aromatic rings. The molecule has 0 bridgehead atoms. The summed E-state index contributed by atoms with van der Waals surface area (Å²) in [5.74, 6) is 1.29. The van der Waals surface area contributed by atoms with Crippen molar-refractivity contribution in [1.82, 2.24) is 9.97 Å². The molecule has 0 aliphatic heterocycles. The quantitative estimate of drug-likeness (QED) is 0.287. The number of rotatable bonds is 5. The highest BCUT2D eigenvalue weighted by molar-refractivity contribution is 9.10. The number of nitrogens with zero attached hydrogens (tertiary/aromatic N) is 3. The Labute approximate surface area is 178 Å². The molecule has 1 heterocycles. The monoisotopic (exact) mass is 442 g/mol. The van der Waals surface area contributed by atoms with E-state index in [1.165, 1.54) is 0 Å². The van der Waals surface area contributed by atoms with Crippen LogP contribution in [-0.2, 0) is 0 Å². The van der Waals surface area contributed by atoms with Gasteiger partial charge in [-0.1, -0.05) is 88.7 Å². The summed E-state index contributed by atoms with van der Waals surface area (Å²) in [6.45, 7) is 1.97. The van der Waals surface area contributed by atoms with Crippen LogP contribution in [0.4, 0.5) is 5.82 Å². The van der Waals surface area contributed by atoms with Crippen LogP contribution in [0.3, 0.4) is 0 Å². The minimum absolute atomic E-state index is 0.645. The van der Waals surface area contributed by atoms with Gasteiger partial charge in [-0.25, -0.2) is 9.97 Å². The average Bonchev–Trinajstić information content (AvgIpc) is 2.79. The summed E-state index contributed by atoms with van der Waals surface area (Å²) in [7, 11) is 0. The standard InChI is InChI=1S/C24H19BrN4/c1-17(18-8-4-2-5-9-18)28-29-23-16-22(19-10-6-3-7-11-19)26-24(27-23)20-12-14-21(25)15-13-20/h2-16H,1H3,(H,26,27,29)/b28-17+. The maximum atomic E-state index is 4.77. The highest BCUT2D eigenvalue weighted by Gasteiger charge is 2.09. The minimum Gasteiger partial charge on any atom is -0.261 e. The molecule has 0 saturated carbocycles. The third kappa shape index (κ3) is 4.76. The van der Waals surface area contributed by atoms with Crippen molar-refractivity contribution in [3.05, 3.63) is 101 Å². The van der Waals surface area contributed by atoms with Crippen LogP contribution in [0, 0.1) is 0 Å². The highest BCUT2D eigenvalue weighted by Crippen LogP contribution is 2.25. The van der Waals surface area contributed by atoms with Gasteiger partial charge in [-0.2, -0.15) is 5.10 Å². The third-order valence-corrected chi connectivity index (χ3v) is 4.96. The van der Waals surface area contributed by atoms with Crippen LogP contribution in [0.15, 0.2) is 101 Å². The topological polar surface area (TPSA) is 50.2 Å². The van der Waals surface area contributed by atoms with E-state index in [2.05, 4.69) is 31.4 Å². The molecule has 0 spiro atoms. The lowest BCUT2D eigenvalue weighted by Crippen LogP contribution is -2.03. The van der Waals surface area contributed by atoms with E-state index in [0.717, 1.165) is 32.6 Å². The van der Waals surface area contributed by atoms with Crippen LogP contribution in [0.2, 0.25) is 0 Å². The molecule has 4 nitrogen and oxygen atoms in total. The maximum absolute atomic E-state index is 4.77. The Morgan fingerprint density at radius 2 is 1.45 bits per heavy atom. The number of hydrazone groups is 1. The van der Waals surface area contributed by atoms with Crippen molar-refractivity contribution < 1.29 is 0 Å². The van der Waals surface area contributed by atoms with E-state index < -0.39 is 0 Å². The van der Waals surface area contributed by atoms with Gasteiger partial charge in [-0.05, 0) is 24.6 Å². The predicted molar refractivity (Wildman–Crippen MR) is 123 cm³/mol. The summed E-state index contributed by atoms with van der Waals surface area (Å²) in [6.07, 6.45) is 0. The molecule has 0 aliphatic carbocycles. The number of halogens is 1. The normalized spacial score (nSPS) is 11.3. The summed E-state index contributed by atoms with van der Waals surface area (Å²) in [4.78, 5) is 9.45. The van der Waals surface area contributed by atoms with Crippen LogP contribution < -0.4 is 5.43 Å². The van der Waals surface area contributed by atoms with E-state index in [4.69, 9.17) is 4.98 Å². The summed E-state index contributed by atoms with van der Waals surface area (Å²) in [6, 6.07) is 30.0. The fourth-order valence-corrected chi connectivity index (χ4v) is 3.14. The van der Waals surface area contributed by atoms with Crippen LogP contribution in [-0.4, -0.2) is 15.7 Å². The second-order valence-corrected chi connectivity index (χ2v) is 7.43. The Kier molecular flexibility index (Phi) is 5.77. The Hall–Kier alpha value is -3.31. The van der Waals surface area contributed by atoms with E-state index in [1.807, 2.05) is 97.9 Å². The van der Waals surface area contributed by atoms with E-state index in [0.29, 0.717) is 11.6 Å². The van der Waals surface area contributed by atoms with Crippen molar-refractivity contribution in [2.45, 2.75) is 6.92 Å². The molecule has 29 heavy (non-hydrogen) atoms. The molecule has 0 radical (unpaired) electrons. The molecule has 3 aromatic carbocycles. The Balaban J connectivity index is 1.72. The number of hydrogen-bond acceptors (Lipinski definition) is 4. The fraction of sp³-hybridized carbons (Fsp3) is 0.0417. The van der Waals surface area contributed by atoms with Crippen LogP contribution in [0.1, 0.15) is 12.5 Å². The molecule has 0 saturated heterocycles. The second-order valence-electron chi connectivity index (χ2n) is 6.51. The molecule has 0 aliphatic rings. The van der Waals surface area contributed by atoms with Gasteiger partial charge in [-0.3, -0.25) is 5.43 Å². The summed E-state index contributed by atoms with van der Waals surface area (Å²) in [5.41, 5.74) is 7.86. The van der Waals surface area contributed by atoms with Gasteiger partial charge >= 0.3 is 0 Å². The lowest BCUT2D eigenvalue weighted by Gasteiger charge is -2.09. The first-order valence-corrected chi connectivity index (χ1v) is 10.0. The van der Waals surface area contributed by atoms with Gasteiger partial charge in [0, 0.05) is 21.7 Å². The van der Waals surface area contributed by atoms with Crippen molar-refractivity contribution in [3.8, 4) is 22.6 Å². The fourth-order valence-electron chi connectivity index (χ4n) is 2.87. The van der Waals surface area contributed by atoms with Crippen molar-refractivity contribution in [3.63, 3.8) is 0 Å². The van der Waals surface area contributed by atoms with Gasteiger partial charge in [0.2, 0.25) is 0 Å². The van der Waals surface area contributed by atoms with Gasteiger partial charge in [0.05, 0.1) is 11.4 Å². The van der Waals surface area contributed by atoms with E-state index in [1.54, 1.807) is 0 Å². The van der Waals surface area contributed by atoms with Crippen molar-refractivity contribution in [2.24, 2.45) is 5.10 Å². The number of nitrogens with one attached hydrogen (secondary N) is 1. The second kappa shape index (κ2) is 8.80. The lowest BCUT2D eigenvalue weighted by molar-refractivity contribution is 1.15. The zero-order valence-electron chi connectivity index (χ0n) is 15.9. The molecule has 0 atom stereocenters. The molecule has 1 N–H and O–H groups in total. The minimum atomic E-state index is 0.645. The van der Waals surface area contributed by atoms with Crippen molar-refractivity contribution >= 4 is 27.5 Å². The zero-order valence-corrected chi connectivity index (χ0v) is 17.5. The Morgan fingerprint density at radius 3 is 2.14 bits per heavy atom. The Morgan fingerprint density at radius 1 is 0.793 bits per heavy atom. The molecule has 0 fully saturated rings. The average molecular weight is 443 g/mol. The maximum Gasteiger partial charge on any atom is 0.162 e. The van der Waals surface area contributed by atoms with Gasteiger partial charge in [-0.15, -0.1) is 0 Å². The smallest absolute Gasteiger partial charge is 0.162 e. The number of benzene rings is 3. The lowest BCUT2D eigenvalue weighted by atomic mass is 10.1. The van der Waals surface area contributed by atoms with E-state index in [-0.39, 0.29) is 0 Å². The van der Waals surface area contributed by atoms with Gasteiger partial charge < -0.3 is 0 Å². The molecule has 4 rings (SSSR count). The van der Waals surface area contributed by atoms with E-state index >= 15 is 0 Å². The van der Waals surface area contributed by atoms with Crippen molar-refractivity contribution in [1.29, 1.82) is 0 Å². The van der Waals surface area contributed by atoms with Crippen LogP contribution in [0.25, 0.3) is 22.6 Å². The number of hydrogen-bond donors (Lipinski definition) is 1. The first kappa shape index (κ1) is 19.0. The van der Waals surface area contributed by atoms with Crippen molar-refractivity contribution in [2.75, 3.05) is 5.43 Å². The Bertz CT molecular complexity index is 1120. The summed E-state index contributed by atoms with van der Waals surface area (Å²) in [5, 5.41) is 4.52. The van der Waals surface area contributed by atoms with Crippen LogP contribution >= 0.6 is 15.9 Å². The van der Waals surface area contributed by atoms with Crippen LogP contribution in [0.5, 0.6) is 0 Å². The van der Waals surface area contributed by atoms with E-state index in [9.17, 15) is 0 Å². The van der Waals surface area contributed by atoms with Gasteiger partial charge in [0.15, 0.2) is 11.6 Å². The largest absolute Gasteiger partial charge is 0.261 e. The molecule has 142 valence electrons. The molecular weight excluding hydrogens is 424 g/mol. The molecule has 0 unspecified atom stereocenters. The number of aromatic nitrogens is 2. The predicted octanol–water partition coefficient (Wildman–Crippen LogP) is 6.41. The molecule has 1 aromatic heterocycles. The molecule has 5 heteroatoms. The first-order chi connectivity index (χ1) is 14.2. The number of anilines is 1. The van der Waals surface area contributed by atoms with Gasteiger partial charge in [0.1, 0.15) is 0 Å². The summed E-state index contributed by atoms with van der Waals surface area (Å²) < 4.78 is 1.02. The SMILES string of the molecule is C/C(=N\Nc1cc(-c2ccccc2)nc(-c2ccc(Br)cc2)n1)c1ccccc1. The highest BCUT2D eigenvalue weighted by atomic mass is 79.9. The first-order valence-electron chi connectivity index (χ1n) is 9.25.